The van der Waals surface area contributed by atoms with Crippen molar-refractivity contribution in [3.8, 4) is 5.75 Å². The topological polar surface area (TPSA) is 72.5 Å². The molecule has 0 heterocycles. The number of carboxylic acid groups (broad SMARTS) is 1. The zero-order valence-electron chi connectivity index (χ0n) is 11.6. The molecule has 0 spiro atoms. The quantitative estimate of drug-likeness (QED) is 0.709. The number of hydrogen-bond acceptors (Lipinski definition) is 3. The third-order valence-electron chi connectivity index (χ3n) is 2.82. The third kappa shape index (κ3) is 6.25. The maximum absolute atomic E-state index is 10.4. The molecule has 106 valence electrons. The first kappa shape index (κ1) is 15.5. The van der Waals surface area contributed by atoms with Crippen molar-refractivity contribution in [2.75, 3.05) is 6.61 Å². The molecule has 0 aromatic heterocycles. The summed E-state index contributed by atoms with van der Waals surface area (Å²) in [5.74, 6) is 0.508. The minimum Gasteiger partial charge on any atom is -0.494 e. The van der Waals surface area contributed by atoms with E-state index in [0.717, 1.165) is 17.7 Å². The first-order chi connectivity index (χ1) is 8.99. The van der Waals surface area contributed by atoms with E-state index in [0.29, 0.717) is 18.9 Å². The highest BCUT2D eigenvalue weighted by molar-refractivity contribution is 5.66. The van der Waals surface area contributed by atoms with Crippen molar-refractivity contribution < 1.29 is 14.6 Å². The Morgan fingerprint density at radius 2 is 2.16 bits per heavy atom. The number of hydrogen-bond donors (Lipinski definition) is 2. The molecular weight excluding hydrogens is 242 g/mol. The SMILES string of the molecule is CC(C)CC(N)c1cccc(OCCCC(=O)O)c1. The molecular formula is C15H23NO3. The number of nitrogens with two attached hydrogens (primary N) is 1. The van der Waals surface area contributed by atoms with Crippen LogP contribution in [0.3, 0.4) is 0 Å². The fraction of sp³-hybridized carbons (Fsp3) is 0.533. The summed E-state index contributed by atoms with van der Waals surface area (Å²) in [6.07, 6.45) is 1.58. The first-order valence-corrected chi connectivity index (χ1v) is 6.69. The predicted molar refractivity (Wildman–Crippen MR) is 75.2 cm³/mol. The normalized spacial score (nSPS) is 12.4. The van der Waals surface area contributed by atoms with Crippen LogP contribution in [0.4, 0.5) is 0 Å². The smallest absolute Gasteiger partial charge is 0.303 e. The van der Waals surface area contributed by atoms with Crippen molar-refractivity contribution >= 4 is 5.97 Å². The molecule has 1 rings (SSSR count). The van der Waals surface area contributed by atoms with E-state index in [-0.39, 0.29) is 12.5 Å². The molecule has 4 heteroatoms. The first-order valence-electron chi connectivity index (χ1n) is 6.69. The van der Waals surface area contributed by atoms with Gasteiger partial charge >= 0.3 is 5.97 Å². The van der Waals surface area contributed by atoms with Gasteiger partial charge in [-0.2, -0.15) is 0 Å². The van der Waals surface area contributed by atoms with Crippen molar-refractivity contribution in [3.05, 3.63) is 29.8 Å². The predicted octanol–water partition coefficient (Wildman–Crippen LogP) is 2.98. The molecule has 19 heavy (non-hydrogen) atoms. The minimum atomic E-state index is -0.795. The van der Waals surface area contributed by atoms with E-state index in [4.69, 9.17) is 15.6 Å². The number of carbonyl (C=O) groups is 1. The van der Waals surface area contributed by atoms with Gasteiger partial charge in [-0.15, -0.1) is 0 Å². The zero-order valence-corrected chi connectivity index (χ0v) is 11.6. The summed E-state index contributed by atoms with van der Waals surface area (Å²) in [6, 6.07) is 7.74. The van der Waals surface area contributed by atoms with E-state index in [9.17, 15) is 4.79 Å². The molecule has 3 N–H and O–H groups in total. The lowest BCUT2D eigenvalue weighted by molar-refractivity contribution is -0.137. The van der Waals surface area contributed by atoms with Crippen molar-refractivity contribution in [1.82, 2.24) is 0 Å². The van der Waals surface area contributed by atoms with Gasteiger partial charge < -0.3 is 15.6 Å². The van der Waals surface area contributed by atoms with E-state index in [1.807, 2.05) is 24.3 Å². The standard InChI is InChI=1S/C15H23NO3/c1-11(2)9-14(16)12-5-3-6-13(10-12)19-8-4-7-15(17)18/h3,5-6,10-11,14H,4,7-9,16H2,1-2H3,(H,17,18). The van der Waals surface area contributed by atoms with Gasteiger partial charge in [0, 0.05) is 12.5 Å². The second kappa shape index (κ2) is 7.79. The molecule has 0 amide bonds. The Bertz CT molecular complexity index is 404. The van der Waals surface area contributed by atoms with Gasteiger partial charge in [0.05, 0.1) is 6.61 Å². The highest BCUT2D eigenvalue weighted by Crippen LogP contribution is 2.22. The maximum Gasteiger partial charge on any atom is 0.303 e. The van der Waals surface area contributed by atoms with Crippen molar-refractivity contribution in [1.29, 1.82) is 0 Å². The van der Waals surface area contributed by atoms with Crippen LogP contribution in [-0.4, -0.2) is 17.7 Å². The van der Waals surface area contributed by atoms with E-state index in [2.05, 4.69) is 13.8 Å². The van der Waals surface area contributed by atoms with Crippen LogP contribution in [0.1, 0.15) is 44.7 Å². The average Bonchev–Trinajstić information content (AvgIpc) is 2.34. The summed E-state index contributed by atoms with van der Waals surface area (Å²) >= 11 is 0. The molecule has 0 aliphatic rings. The van der Waals surface area contributed by atoms with Crippen LogP contribution in [0.2, 0.25) is 0 Å². The van der Waals surface area contributed by atoms with Crippen LogP contribution in [0, 0.1) is 5.92 Å². The summed E-state index contributed by atoms with van der Waals surface area (Å²) in [4.78, 5) is 10.4. The lowest BCUT2D eigenvalue weighted by atomic mass is 9.98. The molecule has 0 aliphatic carbocycles. The number of ether oxygens (including phenoxy) is 1. The zero-order chi connectivity index (χ0) is 14.3. The second-order valence-corrected chi connectivity index (χ2v) is 5.15. The number of rotatable bonds is 8. The highest BCUT2D eigenvalue weighted by atomic mass is 16.5. The van der Waals surface area contributed by atoms with Gasteiger partial charge in [-0.25, -0.2) is 0 Å². The van der Waals surface area contributed by atoms with Gasteiger partial charge in [-0.05, 0) is 36.5 Å². The lowest BCUT2D eigenvalue weighted by Gasteiger charge is -2.15. The fourth-order valence-corrected chi connectivity index (χ4v) is 1.89. The van der Waals surface area contributed by atoms with Crippen molar-refractivity contribution in [3.63, 3.8) is 0 Å². The molecule has 0 saturated carbocycles. The molecule has 1 aromatic carbocycles. The Morgan fingerprint density at radius 1 is 1.42 bits per heavy atom. The molecule has 0 radical (unpaired) electrons. The fourth-order valence-electron chi connectivity index (χ4n) is 1.89. The molecule has 1 aromatic rings. The van der Waals surface area contributed by atoms with Gasteiger partial charge in [-0.3, -0.25) is 4.79 Å². The third-order valence-corrected chi connectivity index (χ3v) is 2.82. The van der Waals surface area contributed by atoms with Crippen LogP contribution in [0.25, 0.3) is 0 Å². The molecule has 4 nitrogen and oxygen atoms in total. The van der Waals surface area contributed by atoms with Crippen LogP contribution < -0.4 is 10.5 Å². The van der Waals surface area contributed by atoms with Crippen molar-refractivity contribution in [2.45, 2.75) is 39.2 Å². The summed E-state index contributed by atoms with van der Waals surface area (Å²) < 4.78 is 5.53. The molecule has 0 bridgehead atoms. The minimum absolute atomic E-state index is 0.0163. The average molecular weight is 265 g/mol. The van der Waals surface area contributed by atoms with Gasteiger partial charge in [-0.1, -0.05) is 26.0 Å². The second-order valence-electron chi connectivity index (χ2n) is 5.15. The Kier molecular flexibility index (Phi) is 6.36. The van der Waals surface area contributed by atoms with Crippen molar-refractivity contribution in [2.24, 2.45) is 11.7 Å². The van der Waals surface area contributed by atoms with Gasteiger partial charge in [0.25, 0.3) is 0 Å². The Balaban J connectivity index is 2.49. The maximum atomic E-state index is 10.4. The van der Waals surface area contributed by atoms with Crippen LogP contribution in [-0.2, 0) is 4.79 Å². The van der Waals surface area contributed by atoms with Gasteiger partial charge in [0.1, 0.15) is 5.75 Å². The van der Waals surface area contributed by atoms with E-state index < -0.39 is 5.97 Å². The Labute approximate surface area is 114 Å². The Morgan fingerprint density at radius 3 is 2.79 bits per heavy atom. The number of benzene rings is 1. The molecule has 0 saturated heterocycles. The number of aliphatic carboxylic acids is 1. The van der Waals surface area contributed by atoms with Gasteiger partial charge in [0.15, 0.2) is 0 Å². The monoisotopic (exact) mass is 265 g/mol. The van der Waals surface area contributed by atoms with E-state index in [1.54, 1.807) is 0 Å². The summed E-state index contributed by atoms with van der Waals surface area (Å²) in [5, 5.41) is 8.54. The molecule has 1 unspecified atom stereocenters. The van der Waals surface area contributed by atoms with Crippen LogP contribution in [0.5, 0.6) is 5.75 Å². The molecule has 0 fully saturated rings. The largest absolute Gasteiger partial charge is 0.494 e. The lowest BCUT2D eigenvalue weighted by Crippen LogP contribution is -2.13. The summed E-state index contributed by atoms with van der Waals surface area (Å²) in [5.41, 5.74) is 7.19. The Hall–Kier alpha value is -1.55. The van der Waals surface area contributed by atoms with Gasteiger partial charge in [0.2, 0.25) is 0 Å². The highest BCUT2D eigenvalue weighted by Gasteiger charge is 2.09. The van der Waals surface area contributed by atoms with E-state index in [1.165, 1.54) is 0 Å². The van der Waals surface area contributed by atoms with Crippen LogP contribution in [0.15, 0.2) is 24.3 Å². The summed E-state index contributed by atoms with van der Waals surface area (Å²) in [6.45, 7) is 4.70. The molecule has 0 aliphatic heterocycles. The number of carboxylic acids is 1. The molecule has 1 atom stereocenters. The van der Waals surface area contributed by atoms with E-state index >= 15 is 0 Å². The van der Waals surface area contributed by atoms with Crippen LogP contribution >= 0.6 is 0 Å². The summed E-state index contributed by atoms with van der Waals surface area (Å²) in [7, 11) is 0.